The van der Waals surface area contributed by atoms with Crippen molar-refractivity contribution in [3.05, 3.63) is 57.1 Å². The van der Waals surface area contributed by atoms with Crippen LogP contribution in [0.1, 0.15) is 25.7 Å². The number of ether oxygens (including phenoxy) is 1. The van der Waals surface area contributed by atoms with Gasteiger partial charge in [0.2, 0.25) is 0 Å². The van der Waals surface area contributed by atoms with Crippen LogP contribution in [-0.4, -0.2) is 16.2 Å². The van der Waals surface area contributed by atoms with Gasteiger partial charge in [0.15, 0.2) is 11.6 Å². The zero-order chi connectivity index (χ0) is 16.4. The van der Waals surface area contributed by atoms with Gasteiger partial charge in [-0.15, -0.1) is 0 Å². The van der Waals surface area contributed by atoms with Gasteiger partial charge in [0, 0.05) is 25.0 Å². The highest BCUT2D eigenvalue weighted by molar-refractivity contribution is 5.38. The molecule has 5 nitrogen and oxygen atoms in total. The maximum absolute atomic E-state index is 13.8. The molecule has 2 aromatic rings. The second-order valence-corrected chi connectivity index (χ2v) is 5.90. The van der Waals surface area contributed by atoms with Crippen molar-refractivity contribution in [1.82, 2.24) is 9.13 Å². The lowest BCUT2D eigenvalue weighted by Gasteiger charge is -2.13. The number of rotatable bonds is 4. The third-order valence-corrected chi connectivity index (χ3v) is 4.40. The summed E-state index contributed by atoms with van der Waals surface area (Å²) >= 11 is 0. The Balaban J connectivity index is 1.95. The first-order valence-electron chi connectivity index (χ1n) is 7.76. The average molecular weight is 318 g/mol. The van der Waals surface area contributed by atoms with E-state index in [9.17, 15) is 14.0 Å². The van der Waals surface area contributed by atoms with Gasteiger partial charge in [-0.3, -0.25) is 14.2 Å². The lowest BCUT2D eigenvalue weighted by Crippen LogP contribution is -2.40. The van der Waals surface area contributed by atoms with Crippen LogP contribution in [0.25, 0.3) is 5.69 Å². The van der Waals surface area contributed by atoms with E-state index in [0.717, 1.165) is 17.4 Å². The maximum atomic E-state index is 13.8. The normalized spacial score (nSPS) is 15.0. The van der Waals surface area contributed by atoms with Crippen LogP contribution >= 0.6 is 0 Å². The molecule has 1 fully saturated rings. The van der Waals surface area contributed by atoms with Crippen molar-refractivity contribution >= 4 is 0 Å². The topological polar surface area (TPSA) is 53.2 Å². The molecular weight excluding hydrogens is 299 g/mol. The van der Waals surface area contributed by atoms with Crippen LogP contribution in [0.4, 0.5) is 4.39 Å². The van der Waals surface area contributed by atoms with Gasteiger partial charge in [-0.1, -0.05) is 12.8 Å². The SMILES string of the molecule is COc1ccc(-n2ccn(CC3CCCC3)c(=O)c2=O)cc1F. The van der Waals surface area contributed by atoms with E-state index in [1.54, 1.807) is 12.3 Å². The minimum atomic E-state index is -0.671. The highest BCUT2D eigenvalue weighted by atomic mass is 19.1. The minimum absolute atomic E-state index is 0.0939. The number of hydrogen-bond acceptors (Lipinski definition) is 3. The number of nitrogens with zero attached hydrogens (tertiary/aromatic N) is 2. The molecule has 0 N–H and O–H groups in total. The Kier molecular flexibility index (Phi) is 4.32. The quantitative estimate of drug-likeness (QED) is 0.813. The summed E-state index contributed by atoms with van der Waals surface area (Å²) in [5.74, 6) is -0.0233. The van der Waals surface area contributed by atoms with E-state index in [0.29, 0.717) is 18.2 Å². The molecule has 1 saturated carbocycles. The number of benzene rings is 1. The number of hydrogen-bond donors (Lipinski definition) is 0. The summed E-state index contributed by atoms with van der Waals surface area (Å²) in [6, 6.07) is 4.16. The lowest BCUT2D eigenvalue weighted by atomic mass is 10.1. The van der Waals surface area contributed by atoms with Crippen LogP contribution in [0.5, 0.6) is 5.75 Å². The van der Waals surface area contributed by atoms with E-state index >= 15 is 0 Å². The Hall–Kier alpha value is -2.37. The molecule has 1 aliphatic carbocycles. The van der Waals surface area contributed by atoms with Crippen LogP contribution in [0.3, 0.4) is 0 Å². The van der Waals surface area contributed by atoms with E-state index < -0.39 is 16.9 Å². The predicted octanol–water partition coefficient (Wildman–Crippen LogP) is 2.34. The third-order valence-electron chi connectivity index (χ3n) is 4.40. The van der Waals surface area contributed by atoms with Gasteiger partial charge in [-0.25, -0.2) is 4.39 Å². The second kappa shape index (κ2) is 6.40. The Morgan fingerprint density at radius 3 is 2.57 bits per heavy atom. The van der Waals surface area contributed by atoms with Crippen molar-refractivity contribution in [3.8, 4) is 11.4 Å². The van der Waals surface area contributed by atoms with Gasteiger partial charge < -0.3 is 9.30 Å². The summed E-state index contributed by atoms with van der Waals surface area (Å²) in [4.78, 5) is 24.6. The van der Waals surface area contributed by atoms with Gasteiger partial charge in [-0.2, -0.15) is 0 Å². The van der Waals surface area contributed by atoms with Crippen LogP contribution in [0, 0.1) is 11.7 Å². The molecule has 6 heteroatoms. The molecule has 0 unspecified atom stereocenters. The highest BCUT2D eigenvalue weighted by Gasteiger charge is 2.17. The number of methoxy groups -OCH3 is 1. The average Bonchev–Trinajstić information content (AvgIpc) is 3.05. The first-order chi connectivity index (χ1) is 11.1. The summed E-state index contributed by atoms with van der Waals surface area (Å²) in [7, 11) is 1.37. The van der Waals surface area contributed by atoms with E-state index in [1.807, 2.05) is 0 Å². The molecular formula is C17H19FN2O3. The summed E-state index contributed by atoms with van der Waals surface area (Å²) in [5.41, 5.74) is -0.941. The van der Waals surface area contributed by atoms with Crippen LogP contribution in [0.15, 0.2) is 40.2 Å². The fourth-order valence-corrected chi connectivity index (χ4v) is 3.13. The number of halogens is 1. The Bertz CT molecular complexity index is 819. The molecule has 23 heavy (non-hydrogen) atoms. The zero-order valence-corrected chi connectivity index (χ0v) is 13.0. The van der Waals surface area contributed by atoms with Crippen LogP contribution in [-0.2, 0) is 6.54 Å². The maximum Gasteiger partial charge on any atom is 0.320 e. The summed E-state index contributed by atoms with van der Waals surface area (Å²) in [5, 5.41) is 0. The smallest absolute Gasteiger partial charge is 0.320 e. The van der Waals surface area contributed by atoms with E-state index in [1.165, 1.54) is 42.8 Å². The molecule has 1 aromatic carbocycles. The summed E-state index contributed by atoms with van der Waals surface area (Å²) in [6.45, 7) is 0.575. The van der Waals surface area contributed by atoms with Crippen molar-refractivity contribution in [1.29, 1.82) is 0 Å². The molecule has 0 atom stereocenters. The largest absolute Gasteiger partial charge is 0.494 e. The minimum Gasteiger partial charge on any atom is -0.494 e. The molecule has 1 heterocycles. The van der Waals surface area contributed by atoms with Crippen molar-refractivity contribution in [2.24, 2.45) is 5.92 Å². The van der Waals surface area contributed by atoms with Crippen LogP contribution in [0.2, 0.25) is 0 Å². The Morgan fingerprint density at radius 2 is 1.91 bits per heavy atom. The standard InChI is InChI=1S/C17H19FN2O3/c1-23-15-7-6-13(10-14(15)18)20-9-8-19(16(21)17(20)22)11-12-4-2-3-5-12/h6-10,12H,2-5,11H2,1H3. The molecule has 0 radical (unpaired) electrons. The Morgan fingerprint density at radius 1 is 1.17 bits per heavy atom. The van der Waals surface area contributed by atoms with E-state index in [4.69, 9.17) is 4.74 Å². The molecule has 3 rings (SSSR count). The highest BCUT2D eigenvalue weighted by Crippen LogP contribution is 2.25. The third kappa shape index (κ3) is 3.06. The van der Waals surface area contributed by atoms with Gasteiger partial charge in [-0.05, 0) is 30.9 Å². The summed E-state index contributed by atoms with van der Waals surface area (Å²) in [6.07, 6.45) is 7.67. The first-order valence-corrected chi connectivity index (χ1v) is 7.76. The first kappa shape index (κ1) is 15.5. The van der Waals surface area contributed by atoms with Crippen molar-refractivity contribution in [2.75, 3.05) is 7.11 Å². The second-order valence-electron chi connectivity index (χ2n) is 5.90. The van der Waals surface area contributed by atoms with E-state index in [2.05, 4.69) is 0 Å². The molecule has 1 aromatic heterocycles. The van der Waals surface area contributed by atoms with Crippen molar-refractivity contribution in [2.45, 2.75) is 32.2 Å². The van der Waals surface area contributed by atoms with Crippen LogP contribution < -0.4 is 15.9 Å². The molecule has 0 bridgehead atoms. The monoisotopic (exact) mass is 318 g/mol. The Labute approximate surface area is 132 Å². The molecule has 122 valence electrons. The molecule has 0 spiro atoms. The zero-order valence-electron chi connectivity index (χ0n) is 13.0. The number of aromatic nitrogens is 2. The molecule has 0 aliphatic heterocycles. The fraction of sp³-hybridized carbons (Fsp3) is 0.412. The van der Waals surface area contributed by atoms with Crippen molar-refractivity contribution < 1.29 is 9.13 Å². The molecule has 0 amide bonds. The van der Waals surface area contributed by atoms with E-state index in [-0.39, 0.29) is 5.75 Å². The van der Waals surface area contributed by atoms with Gasteiger partial charge in [0.05, 0.1) is 12.8 Å². The summed E-state index contributed by atoms with van der Waals surface area (Å²) < 4.78 is 21.3. The molecule has 0 saturated heterocycles. The lowest BCUT2D eigenvalue weighted by molar-refractivity contribution is 0.386. The van der Waals surface area contributed by atoms with Gasteiger partial charge in [0.1, 0.15) is 0 Å². The van der Waals surface area contributed by atoms with Crippen molar-refractivity contribution in [3.63, 3.8) is 0 Å². The van der Waals surface area contributed by atoms with Gasteiger partial charge in [0.25, 0.3) is 0 Å². The fourth-order valence-electron chi connectivity index (χ4n) is 3.13. The van der Waals surface area contributed by atoms with Gasteiger partial charge >= 0.3 is 11.1 Å². The predicted molar refractivity (Wildman–Crippen MR) is 84.8 cm³/mol. The molecule has 1 aliphatic rings.